The number of hydrogen-bond donors (Lipinski definition) is 1. The number of nitrogens with one attached hydrogen (secondary N) is 1. The van der Waals surface area contributed by atoms with Crippen LogP contribution in [0.2, 0.25) is 10.0 Å². The summed E-state index contributed by atoms with van der Waals surface area (Å²) in [5.41, 5.74) is 0.251. The van der Waals surface area contributed by atoms with Crippen molar-refractivity contribution in [2.45, 2.75) is 6.36 Å². The van der Waals surface area contributed by atoms with E-state index in [1.165, 1.54) is 0 Å². The van der Waals surface area contributed by atoms with E-state index in [1.54, 1.807) is 24.4 Å². The van der Waals surface area contributed by atoms with Crippen LogP contribution in [0.4, 0.5) is 24.7 Å². The minimum absolute atomic E-state index is 0.0117. The molecule has 0 aliphatic rings. The fourth-order valence-electron chi connectivity index (χ4n) is 1.43. The van der Waals surface area contributed by atoms with E-state index < -0.39 is 12.1 Å². The van der Waals surface area contributed by atoms with Crippen LogP contribution in [0.3, 0.4) is 0 Å². The molecule has 1 aromatic carbocycles. The highest BCUT2D eigenvalue weighted by molar-refractivity contribution is 6.39. The Morgan fingerprint density at radius 3 is 2.25 bits per heavy atom. The first-order chi connectivity index (χ1) is 9.35. The third kappa shape index (κ3) is 3.91. The van der Waals surface area contributed by atoms with Gasteiger partial charge in [-0.15, -0.1) is 13.2 Å². The molecular weight excluding hydrogens is 316 g/mol. The molecule has 0 spiro atoms. The maximum atomic E-state index is 12.1. The van der Waals surface area contributed by atoms with Crippen LogP contribution < -0.4 is 10.1 Å². The lowest BCUT2D eigenvalue weighted by atomic mass is 10.3. The Labute approximate surface area is 122 Å². The summed E-state index contributed by atoms with van der Waals surface area (Å²) >= 11 is 11.8. The molecule has 0 aliphatic heterocycles. The van der Waals surface area contributed by atoms with Gasteiger partial charge >= 0.3 is 6.36 Å². The van der Waals surface area contributed by atoms with Crippen LogP contribution in [0.25, 0.3) is 0 Å². The molecule has 1 aromatic heterocycles. The molecule has 20 heavy (non-hydrogen) atoms. The number of rotatable bonds is 3. The number of aromatic nitrogens is 1. The number of nitrogens with zero attached hydrogens (tertiary/aromatic N) is 1. The van der Waals surface area contributed by atoms with Crippen LogP contribution >= 0.6 is 23.2 Å². The highest BCUT2D eigenvalue weighted by Gasteiger charge is 2.31. The second kappa shape index (κ2) is 5.76. The summed E-state index contributed by atoms with van der Waals surface area (Å²) in [7, 11) is 0. The molecule has 106 valence electrons. The number of halogens is 5. The van der Waals surface area contributed by atoms with E-state index >= 15 is 0 Å². The van der Waals surface area contributed by atoms with Crippen molar-refractivity contribution in [3.63, 3.8) is 0 Å². The minimum Gasteiger partial charge on any atom is -0.406 e. The van der Waals surface area contributed by atoms with Crippen molar-refractivity contribution in [1.29, 1.82) is 0 Å². The van der Waals surface area contributed by atoms with Gasteiger partial charge in [-0.3, -0.25) is 0 Å². The Bertz CT molecular complexity index is 582. The van der Waals surface area contributed by atoms with Crippen LogP contribution in [0.1, 0.15) is 0 Å². The molecule has 3 nitrogen and oxygen atoms in total. The highest BCUT2D eigenvalue weighted by Crippen LogP contribution is 2.37. The number of hydrogen-bond acceptors (Lipinski definition) is 3. The molecule has 1 N–H and O–H groups in total. The third-order valence-corrected chi connectivity index (χ3v) is 2.76. The zero-order valence-electron chi connectivity index (χ0n) is 9.71. The van der Waals surface area contributed by atoms with E-state index in [2.05, 4.69) is 15.0 Å². The quantitative estimate of drug-likeness (QED) is 0.860. The Morgan fingerprint density at radius 2 is 1.75 bits per heavy atom. The Balaban J connectivity index is 2.27. The summed E-state index contributed by atoms with van der Waals surface area (Å²) in [6, 6.07) is 7.15. The number of alkyl halides is 3. The van der Waals surface area contributed by atoms with E-state index in [0.29, 0.717) is 5.82 Å². The number of benzene rings is 1. The number of pyridine rings is 1. The zero-order chi connectivity index (χ0) is 14.8. The van der Waals surface area contributed by atoms with Crippen molar-refractivity contribution in [3.8, 4) is 5.75 Å². The van der Waals surface area contributed by atoms with Gasteiger partial charge < -0.3 is 10.1 Å². The average Bonchev–Trinajstić information content (AvgIpc) is 2.33. The maximum Gasteiger partial charge on any atom is 0.573 e. The highest BCUT2D eigenvalue weighted by atomic mass is 35.5. The maximum absolute atomic E-state index is 12.1. The average molecular weight is 323 g/mol. The van der Waals surface area contributed by atoms with Crippen LogP contribution in [-0.2, 0) is 0 Å². The summed E-state index contributed by atoms with van der Waals surface area (Å²) in [4.78, 5) is 4.00. The summed E-state index contributed by atoms with van der Waals surface area (Å²) in [6.07, 6.45) is -3.26. The van der Waals surface area contributed by atoms with Crippen LogP contribution in [0.5, 0.6) is 5.75 Å². The molecule has 0 unspecified atom stereocenters. The molecule has 0 saturated heterocycles. The molecule has 0 atom stereocenters. The van der Waals surface area contributed by atoms with Gasteiger partial charge in [-0.25, -0.2) is 4.98 Å². The van der Waals surface area contributed by atoms with Gasteiger partial charge in [0.2, 0.25) is 0 Å². The standard InChI is InChI=1S/C12H7Cl2F3N2O/c13-8-5-7(20-12(15,16)17)6-9(14)11(8)19-10-3-1-2-4-18-10/h1-6H,(H,18,19). The number of anilines is 2. The third-order valence-electron chi connectivity index (χ3n) is 2.17. The van der Waals surface area contributed by atoms with E-state index in [9.17, 15) is 13.2 Å². The fraction of sp³-hybridized carbons (Fsp3) is 0.0833. The Hall–Kier alpha value is -1.66. The van der Waals surface area contributed by atoms with E-state index in [4.69, 9.17) is 23.2 Å². The van der Waals surface area contributed by atoms with Gasteiger partial charge in [0.15, 0.2) is 0 Å². The molecule has 0 radical (unpaired) electrons. The second-order valence-corrected chi connectivity index (χ2v) is 4.46. The van der Waals surface area contributed by atoms with Gasteiger partial charge in [0, 0.05) is 18.3 Å². The van der Waals surface area contributed by atoms with E-state index in [-0.39, 0.29) is 15.7 Å². The van der Waals surface area contributed by atoms with Gasteiger partial charge in [-0.05, 0) is 12.1 Å². The summed E-state index contributed by atoms with van der Waals surface area (Å²) in [5, 5.41) is 2.80. The van der Waals surface area contributed by atoms with Gasteiger partial charge in [-0.1, -0.05) is 29.3 Å². The topological polar surface area (TPSA) is 34.1 Å². The molecule has 2 aromatic rings. The molecule has 0 aliphatic carbocycles. The van der Waals surface area contributed by atoms with Crippen LogP contribution in [0, 0.1) is 0 Å². The van der Waals surface area contributed by atoms with Crippen molar-refractivity contribution in [2.75, 3.05) is 5.32 Å². The molecule has 0 fully saturated rings. The predicted octanol–water partition coefficient (Wildman–Crippen LogP) is 5.03. The Kier molecular flexibility index (Phi) is 4.25. The lowest BCUT2D eigenvalue weighted by Crippen LogP contribution is -2.17. The lowest BCUT2D eigenvalue weighted by molar-refractivity contribution is -0.274. The van der Waals surface area contributed by atoms with E-state index in [1.807, 2.05) is 0 Å². The normalized spacial score (nSPS) is 11.2. The lowest BCUT2D eigenvalue weighted by Gasteiger charge is -2.13. The SMILES string of the molecule is FC(F)(F)Oc1cc(Cl)c(Nc2ccccn2)c(Cl)c1. The van der Waals surface area contributed by atoms with Gasteiger partial charge in [0.05, 0.1) is 15.7 Å². The first-order valence-corrected chi connectivity index (χ1v) is 6.03. The van der Waals surface area contributed by atoms with Crippen molar-refractivity contribution in [1.82, 2.24) is 4.98 Å². The van der Waals surface area contributed by atoms with Crippen molar-refractivity contribution >= 4 is 34.7 Å². The smallest absolute Gasteiger partial charge is 0.406 e. The van der Waals surface area contributed by atoms with Crippen molar-refractivity contribution in [2.24, 2.45) is 0 Å². The van der Waals surface area contributed by atoms with Gasteiger partial charge in [0.1, 0.15) is 11.6 Å². The van der Waals surface area contributed by atoms with Crippen molar-refractivity contribution < 1.29 is 17.9 Å². The molecule has 1 heterocycles. The molecule has 0 bridgehead atoms. The molecule has 2 rings (SSSR count). The first kappa shape index (κ1) is 14.7. The van der Waals surface area contributed by atoms with Gasteiger partial charge in [0.25, 0.3) is 0 Å². The zero-order valence-corrected chi connectivity index (χ0v) is 11.2. The van der Waals surface area contributed by atoms with Crippen LogP contribution in [0.15, 0.2) is 36.5 Å². The van der Waals surface area contributed by atoms with Crippen molar-refractivity contribution in [3.05, 3.63) is 46.6 Å². The molecule has 0 saturated carbocycles. The minimum atomic E-state index is -4.80. The Morgan fingerprint density at radius 1 is 1.10 bits per heavy atom. The molecule has 8 heteroatoms. The molecular formula is C12H7Cl2F3N2O. The molecule has 0 amide bonds. The first-order valence-electron chi connectivity index (χ1n) is 5.28. The van der Waals surface area contributed by atoms with Gasteiger partial charge in [-0.2, -0.15) is 0 Å². The largest absolute Gasteiger partial charge is 0.573 e. The summed E-state index contributed by atoms with van der Waals surface area (Å²) in [5.74, 6) is -0.0279. The summed E-state index contributed by atoms with van der Waals surface area (Å²) < 4.78 is 40.1. The second-order valence-electron chi connectivity index (χ2n) is 3.65. The summed E-state index contributed by atoms with van der Waals surface area (Å²) in [6.45, 7) is 0. The fourth-order valence-corrected chi connectivity index (χ4v) is 1.99. The predicted molar refractivity (Wildman–Crippen MR) is 70.7 cm³/mol. The van der Waals surface area contributed by atoms with Crippen LogP contribution in [-0.4, -0.2) is 11.3 Å². The number of ether oxygens (including phenoxy) is 1. The monoisotopic (exact) mass is 322 g/mol. The van der Waals surface area contributed by atoms with E-state index in [0.717, 1.165) is 12.1 Å².